The summed E-state index contributed by atoms with van der Waals surface area (Å²) in [5, 5.41) is 0. The monoisotopic (exact) mass is 172 g/mol. The number of hydrogen-bond acceptors (Lipinski definition) is 4. The molecule has 0 aromatic carbocycles. The fraction of sp³-hybridized carbons (Fsp3) is 0.750. The van der Waals surface area contributed by atoms with E-state index in [9.17, 15) is 9.59 Å². The summed E-state index contributed by atoms with van der Waals surface area (Å²) in [6, 6.07) is 0. The van der Waals surface area contributed by atoms with Crippen LogP contribution >= 0.6 is 0 Å². The summed E-state index contributed by atoms with van der Waals surface area (Å²) >= 11 is 0. The van der Waals surface area contributed by atoms with Crippen molar-refractivity contribution in [3.05, 3.63) is 0 Å². The van der Waals surface area contributed by atoms with Gasteiger partial charge in [-0.15, -0.1) is 0 Å². The summed E-state index contributed by atoms with van der Waals surface area (Å²) in [6.07, 6.45) is 2.51. The van der Waals surface area contributed by atoms with E-state index in [0.717, 1.165) is 19.1 Å². The van der Waals surface area contributed by atoms with Crippen LogP contribution in [0.1, 0.15) is 19.3 Å². The van der Waals surface area contributed by atoms with Gasteiger partial charge in [0.15, 0.2) is 6.29 Å². The van der Waals surface area contributed by atoms with Gasteiger partial charge in [-0.2, -0.15) is 0 Å². The molecule has 0 unspecified atom stereocenters. The van der Waals surface area contributed by atoms with Crippen molar-refractivity contribution in [2.24, 2.45) is 0 Å². The molecule has 0 aliphatic carbocycles. The predicted molar refractivity (Wildman–Crippen MR) is 40.6 cm³/mol. The van der Waals surface area contributed by atoms with Crippen LogP contribution in [0.3, 0.4) is 0 Å². The first-order valence-electron chi connectivity index (χ1n) is 3.95. The van der Waals surface area contributed by atoms with E-state index in [4.69, 9.17) is 4.74 Å². The van der Waals surface area contributed by atoms with Crippen LogP contribution in [0.4, 0.5) is 0 Å². The first-order chi connectivity index (χ1) is 5.77. The molecule has 0 spiro atoms. The highest BCUT2D eigenvalue weighted by Gasteiger charge is 2.37. The third-order valence-corrected chi connectivity index (χ3v) is 1.85. The van der Waals surface area contributed by atoms with Gasteiger partial charge >= 0.3 is 5.97 Å². The molecule has 1 aliphatic heterocycles. The number of hydrogen-bond donors (Lipinski definition) is 0. The molecule has 4 nitrogen and oxygen atoms in total. The smallest absolute Gasteiger partial charge is 0.305 e. The third kappa shape index (κ3) is 2.62. The maximum absolute atomic E-state index is 10.6. The summed E-state index contributed by atoms with van der Waals surface area (Å²) in [7, 11) is 1.37. The van der Waals surface area contributed by atoms with Gasteiger partial charge in [0, 0.05) is 6.42 Å². The van der Waals surface area contributed by atoms with Crippen molar-refractivity contribution in [3.8, 4) is 0 Å². The molecule has 1 aliphatic rings. The summed E-state index contributed by atoms with van der Waals surface area (Å²) in [5.74, 6) is -0.210. The molecule has 0 radical (unpaired) electrons. The molecule has 68 valence electrons. The largest absolute Gasteiger partial charge is 0.469 e. The topological polar surface area (TPSA) is 55.9 Å². The van der Waals surface area contributed by atoms with Crippen molar-refractivity contribution in [3.63, 3.8) is 0 Å². The average Bonchev–Trinajstić information content (AvgIpc) is 2.83. The van der Waals surface area contributed by atoms with E-state index in [1.807, 2.05) is 0 Å². The summed E-state index contributed by atoms with van der Waals surface area (Å²) in [4.78, 5) is 20.7. The molecule has 0 aromatic heterocycles. The van der Waals surface area contributed by atoms with E-state index in [2.05, 4.69) is 4.74 Å². The summed E-state index contributed by atoms with van der Waals surface area (Å²) in [5.41, 5.74) is 0. The molecule has 2 atom stereocenters. The van der Waals surface area contributed by atoms with Crippen LogP contribution in [-0.2, 0) is 19.1 Å². The number of aldehydes is 1. The lowest BCUT2D eigenvalue weighted by Gasteiger charge is -1.95. The molecule has 0 saturated carbocycles. The van der Waals surface area contributed by atoms with Crippen molar-refractivity contribution in [1.29, 1.82) is 0 Å². The zero-order valence-corrected chi connectivity index (χ0v) is 6.99. The molecule has 1 heterocycles. The van der Waals surface area contributed by atoms with Gasteiger partial charge in [-0.25, -0.2) is 0 Å². The van der Waals surface area contributed by atoms with Gasteiger partial charge in [-0.05, 0) is 12.8 Å². The second-order valence-corrected chi connectivity index (χ2v) is 2.74. The van der Waals surface area contributed by atoms with Crippen LogP contribution in [0.2, 0.25) is 0 Å². The van der Waals surface area contributed by atoms with Crippen molar-refractivity contribution < 1.29 is 19.1 Å². The van der Waals surface area contributed by atoms with Crippen molar-refractivity contribution >= 4 is 12.3 Å². The molecule has 1 rings (SSSR count). The van der Waals surface area contributed by atoms with Crippen LogP contribution in [0.15, 0.2) is 0 Å². The second-order valence-electron chi connectivity index (χ2n) is 2.74. The molecule has 0 N–H and O–H groups in total. The lowest BCUT2D eigenvalue weighted by Crippen LogP contribution is -2.01. The Morgan fingerprint density at radius 3 is 2.92 bits per heavy atom. The van der Waals surface area contributed by atoms with Crippen molar-refractivity contribution in [2.45, 2.75) is 31.5 Å². The maximum Gasteiger partial charge on any atom is 0.305 e. The third-order valence-electron chi connectivity index (χ3n) is 1.85. The Balaban J connectivity index is 1.97. The first-order valence-corrected chi connectivity index (χ1v) is 3.95. The highest BCUT2D eigenvalue weighted by molar-refractivity contribution is 5.69. The fourth-order valence-electron chi connectivity index (χ4n) is 1.06. The van der Waals surface area contributed by atoms with Gasteiger partial charge < -0.3 is 14.3 Å². The van der Waals surface area contributed by atoms with Gasteiger partial charge in [-0.3, -0.25) is 4.79 Å². The molecule has 0 aromatic rings. The Hall–Kier alpha value is -0.900. The lowest BCUT2D eigenvalue weighted by molar-refractivity contribution is -0.140. The van der Waals surface area contributed by atoms with Gasteiger partial charge in [0.25, 0.3) is 0 Å². The van der Waals surface area contributed by atoms with E-state index < -0.39 is 0 Å². The van der Waals surface area contributed by atoms with Crippen LogP contribution in [0, 0.1) is 0 Å². The number of carbonyl (C=O) groups is 2. The standard InChI is InChI=1S/C8H12O4/c1-11-8(10)4-2-3-6-7(5-9)12-6/h5-7H,2-4H2,1H3/t6-,7+/m1/s1. The van der Waals surface area contributed by atoms with Crippen LogP contribution < -0.4 is 0 Å². The number of methoxy groups -OCH3 is 1. The average molecular weight is 172 g/mol. The molecule has 1 fully saturated rings. The van der Waals surface area contributed by atoms with Crippen molar-refractivity contribution in [2.75, 3.05) is 7.11 Å². The van der Waals surface area contributed by atoms with Crippen molar-refractivity contribution in [1.82, 2.24) is 0 Å². The number of carbonyl (C=O) groups excluding carboxylic acids is 2. The normalized spacial score (nSPS) is 26.4. The summed E-state index contributed by atoms with van der Waals surface area (Å²) < 4.78 is 9.42. The maximum atomic E-state index is 10.6. The summed E-state index contributed by atoms with van der Waals surface area (Å²) in [6.45, 7) is 0. The van der Waals surface area contributed by atoms with E-state index >= 15 is 0 Å². The molecule has 0 bridgehead atoms. The van der Waals surface area contributed by atoms with Gasteiger partial charge in [0.1, 0.15) is 6.10 Å². The molecular weight excluding hydrogens is 160 g/mol. The number of epoxide rings is 1. The fourth-order valence-corrected chi connectivity index (χ4v) is 1.06. The Kier molecular flexibility index (Phi) is 3.22. The number of rotatable bonds is 5. The molecular formula is C8H12O4. The minimum absolute atomic E-state index is 0.0483. The van der Waals surface area contributed by atoms with E-state index in [1.54, 1.807) is 0 Å². The highest BCUT2D eigenvalue weighted by atomic mass is 16.6. The van der Waals surface area contributed by atoms with Crippen LogP contribution in [0.25, 0.3) is 0 Å². The molecule has 4 heteroatoms. The highest BCUT2D eigenvalue weighted by Crippen LogP contribution is 2.24. The molecule has 12 heavy (non-hydrogen) atoms. The molecule has 0 amide bonds. The minimum atomic E-state index is -0.220. The quantitative estimate of drug-likeness (QED) is 0.340. The van der Waals surface area contributed by atoms with E-state index in [1.165, 1.54) is 7.11 Å². The predicted octanol–water partition coefficient (Wildman–Crippen LogP) is 0.296. The molecule has 1 saturated heterocycles. The minimum Gasteiger partial charge on any atom is -0.469 e. The zero-order chi connectivity index (χ0) is 8.97. The first kappa shape index (κ1) is 9.19. The van der Waals surface area contributed by atoms with Crippen LogP contribution in [0.5, 0.6) is 0 Å². The van der Waals surface area contributed by atoms with E-state index in [0.29, 0.717) is 6.42 Å². The van der Waals surface area contributed by atoms with Gasteiger partial charge in [-0.1, -0.05) is 0 Å². The number of esters is 1. The van der Waals surface area contributed by atoms with Gasteiger partial charge in [0.2, 0.25) is 0 Å². The van der Waals surface area contributed by atoms with Gasteiger partial charge in [0.05, 0.1) is 13.2 Å². The lowest BCUT2D eigenvalue weighted by atomic mass is 10.1. The zero-order valence-electron chi connectivity index (χ0n) is 6.99. The number of ether oxygens (including phenoxy) is 2. The Morgan fingerprint density at radius 2 is 2.42 bits per heavy atom. The SMILES string of the molecule is COC(=O)CCC[C@H]1O[C@H]1C=O. The second kappa shape index (κ2) is 4.21. The van der Waals surface area contributed by atoms with Crippen LogP contribution in [-0.4, -0.2) is 31.6 Å². The Bertz CT molecular complexity index is 178. The Labute approximate surface area is 70.8 Å². The Morgan fingerprint density at radius 1 is 1.67 bits per heavy atom. The van der Waals surface area contributed by atoms with E-state index in [-0.39, 0.29) is 18.2 Å².